The van der Waals surface area contributed by atoms with Crippen LogP contribution in [0.5, 0.6) is 0 Å². The van der Waals surface area contributed by atoms with Crippen molar-refractivity contribution in [3.05, 3.63) is 30.0 Å². The number of H-pyrrole nitrogens is 1. The molecule has 0 aliphatic heterocycles. The Morgan fingerprint density at radius 1 is 1.29 bits per heavy atom. The highest BCUT2D eigenvalue weighted by molar-refractivity contribution is 6.07. The van der Waals surface area contributed by atoms with E-state index in [1.807, 2.05) is 18.2 Å². The lowest BCUT2D eigenvalue weighted by atomic mass is 10.0. The molecule has 4 nitrogen and oxygen atoms in total. The molecule has 0 saturated carbocycles. The van der Waals surface area contributed by atoms with Crippen LogP contribution >= 0.6 is 0 Å². The molecular formula is C17H25N3O. The molecule has 0 aliphatic carbocycles. The van der Waals surface area contributed by atoms with Crippen molar-refractivity contribution >= 4 is 22.5 Å². The number of benzene rings is 1. The maximum atomic E-state index is 12.3. The maximum absolute atomic E-state index is 12.3. The molecule has 114 valence electrons. The summed E-state index contributed by atoms with van der Waals surface area (Å²) in [4.78, 5) is 15.5. The number of nitrogens with one attached hydrogen (secondary N) is 2. The van der Waals surface area contributed by atoms with E-state index in [1.54, 1.807) is 6.20 Å². The Kier molecular flexibility index (Phi) is 4.89. The van der Waals surface area contributed by atoms with Crippen molar-refractivity contribution < 1.29 is 4.79 Å². The highest BCUT2D eigenvalue weighted by Gasteiger charge is 2.14. The molecule has 4 heteroatoms. The van der Waals surface area contributed by atoms with Gasteiger partial charge in [0.2, 0.25) is 0 Å². The number of fused-ring (bicyclic) bond motifs is 1. The Balaban J connectivity index is 1.99. The molecule has 0 radical (unpaired) electrons. The quantitative estimate of drug-likeness (QED) is 0.709. The lowest BCUT2D eigenvalue weighted by Gasteiger charge is -2.14. The minimum atomic E-state index is -0.0249. The molecule has 0 fully saturated rings. The van der Waals surface area contributed by atoms with Crippen LogP contribution in [0.4, 0.5) is 5.69 Å². The Bertz CT molecular complexity index is 616. The standard InChI is InChI=1S/C17H25N3O/c1-11(2)5-4-6-12(3)20-17(21)15-10-19-16-9-13(18)7-8-14(15)16/h7-12,19H,4-6,18H2,1-3H3,(H,20,21). The van der Waals surface area contributed by atoms with Crippen LogP contribution in [0, 0.1) is 5.92 Å². The van der Waals surface area contributed by atoms with Gasteiger partial charge < -0.3 is 16.0 Å². The number of hydrogen-bond acceptors (Lipinski definition) is 2. The smallest absolute Gasteiger partial charge is 0.253 e. The summed E-state index contributed by atoms with van der Waals surface area (Å²) in [6.45, 7) is 6.51. The van der Waals surface area contributed by atoms with Gasteiger partial charge >= 0.3 is 0 Å². The van der Waals surface area contributed by atoms with Gasteiger partial charge in [0.05, 0.1) is 5.56 Å². The van der Waals surface area contributed by atoms with Crippen molar-refractivity contribution in [1.82, 2.24) is 10.3 Å². The summed E-state index contributed by atoms with van der Waals surface area (Å²) in [6.07, 6.45) is 5.11. The van der Waals surface area contributed by atoms with Gasteiger partial charge in [0.15, 0.2) is 0 Å². The van der Waals surface area contributed by atoms with Gasteiger partial charge in [-0.1, -0.05) is 26.7 Å². The molecular weight excluding hydrogens is 262 g/mol. The van der Waals surface area contributed by atoms with Crippen molar-refractivity contribution in [3.8, 4) is 0 Å². The molecule has 0 saturated heterocycles. The zero-order valence-corrected chi connectivity index (χ0v) is 13.1. The second-order valence-electron chi connectivity index (χ2n) is 6.21. The number of rotatable bonds is 6. The molecule has 0 bridgehead atoms. The monoisotopic (exact) mass is 287 g/mol. The van der Waals surface area contributed by atoms with Crippen LogP contribution in [0.3, 0.4) is 0 Å². The molecule has 1 heterocycles. The van der Waals surface area contributed by atoms with E-state index in [1.165, 1.54) is 6.42 Å². The van der Waals surface area contributed by atoms with Crippen LogP contribution < -0.4 is 11.1 Å². The van der Waals surface area contributed by atoms with Crippen LogP contribution in [0.1, 0.15) is 50.4 Å². The number of nitrogens with two attached hydrogens (primary N) is 1. The van der Waals surface area contributed by atoms with E-state index in [4.69, 9.17) is 5.73 Å². The summed E-state index contributed by atoms with van der Waals surface area (Å²) >= 11 is 0. The maximum Gasteiger partial charge on any atom is 0.253 e. The summed E-state index contributed by atoms with van der Waals surface area (Å²) in [5.41, 5.74) is 8.02. The predicted octanol–water partition coefficient (Wildman–Crippen LogP) is 3.69. The fraction of sp³-hybridized carbons (Fsp3) is 0.471. The normalized spacial score (nSPS) is 12.8. The van der Waals surface area contributed by atoms with Gasteiger partial charge in [-0.25, -0.2) is 0 Å². The Labute approximate surface area is 126 Å². The summed E-state index contributed by atoms with van der Waals surface area (Å²) in [5.74, 6) is 0.690. The van der Waals surface area contributed by atoms with Gasteiger partial charge in [0.1, 0.15) is 0 Å². The second kappa shape index (κ2) is 6.66. The number of aromatic amines is 1. The Morgan fingerprint density at radius 2 is 2.05 bits per heavy atom. The van der Waals surface area contributed by atoms with Gasteiger partial charge in [0.25, 0.3) is 5.91 Å². The average Bonchev–Trinajstić information content (AvgIpc) is 2.80. The summed E-state index contributed by atoms with van der Waals surface area (Å²) in [6, 6.07) is 5.74. The van der Waals surface area contributed by atoms with Gasteiger partial charge in [-0.2, -0.15) is 0 Å². The first kappa shape index (κ1) is 15.4. The second-order valence-corrected chi connectivity index (χ2v) is 6.21. The van der Waals surface area contributed by atoms with Crippen LogP contribution in [-0.4, -0.2) is 16.9 Å². The minimum absolute atomic E-state index is 0.0249. The first-order valence-electron chi connectivity index (χ1n) is 7.65. The van der Waals surface area contributed by atoms with E-state index in [-0.39, 0.29) is 11.9 Å². The third kappa shape index (κ3) is 4.00. The van der Waals surface area contributed by atoms with Gasteiger partial charge in [-0.05, 0) is 37.5 Å². The third-order valence-corrected chi connectivity index (χ3v) is 3.75. The van der Waals surface area contributed by atoms with Crippen LogP contribution in [-0.2, 0) is 0 Å². The van der Waals surface area contributed by atoms with Crippen LogP contribution in [0.15, 0.2) is 24.4 Å². The zero-order chi connectivity index (χ0) is 15.4. The van der Waals surface area contributed by atoms with E-state index >= 15 is 0 Å². The summed E-state index contributed by atoms with van der Waals surface area (Å²) < 4.78 is 0. The van der Waals surface area contributed by atoms with E-state index < -0.39 is 0 Å². The van der Waals surface area contributed by atoms with Crippen LogP contribution in [0.25, 0.3) is 10.9 Å². The number of amides is 1. The lowest BCUT2D eigenvalue weighted by molar-refractivity contribution is 0.0939. The van der Waals surface area contributed by atoms with E-state index in [0.717, 1.165) is 23.7 Å². The first-order chi connectivity index (χ1) is 9.97. The topological polar surface area (TPSA) is 70.9 Å². The van der Waals surface area contributed by atoms with E-state index in [0.29, 0.717) is 17.2 Å². The first-order valence-corrected chi connectivity index (χ1v) is 7.65. The average molecular weight is 287 g/mol. The molecule has 4 N–H and O–H groups in total. The fourth-order valence-electron chi connectivity index (χ4n) is 2.54. The van der Waals surface area contributed by atoms with Crippen molar-refractivity contribution in [2.45, 2.75) is 46.1 Å². The molecule has 0 aliphatic rings. The molecule has 1 aromatic carbocycles. The molecule has 0 spiro atoms. The minimum Gasteiger partial charge on any atom is -0.399 e. The fourth-order valence-corrected chi connectivity index (χ4v) is 2.54. The van der Waals surface area contributed by atoms with Gasteiger partial charge in [-0.15, -0.1) is 0 Å². The highest BCUT2D eigenvalue weighted by Crippen LogP contribution is 2.20. The lowest BCUT2D eigenvalue weighted by Crippen LogP contribution is -2.32. The molecule has 1 aromatic heterocycles. The highest BCUT2D eigenvalue weighted by atomic mass is 16.1. The molecule has 21 heavy (non-hydrogen) atoms. The molecule has 1 atom stereocenters. The van der Waals surface area contributed by atoms with E-state index in [2.05, 4.69) is 31.1 Å². The molecule has 1 amide bonds. The van der Waals surface area contributed by atoms with Crippen LogP contribution in [0.2, 0.25) is 0 Å². The number of aromatic nitrogens is 1. The predicted molar refractivity (Wildman–Crippen MR) is 88.3 cm³/mol. The molecule has 1 unspecified atom stereocenters. The third-order valence-electron chi connectivity index (χ3n) is 3.75. The largest absolute Gasteiger partial charge is 0.399 e. The SMILES string of the molecule is CC(C)CCCC(C)NC(=O)c1c[nH]c2cc(N)ccc12. The number of nitrogen functional groups attached to an aromatic ring is 1. The Hall–Kier alpha value is -1.97. The number of hydrogen-bond donors (Lipinski definition) is 3. The summed E-state index contributed by atoms with van der Waals surface area (Å²) in [5, 5.41) is 3.99. The molecule has 2 rings (SSSR count). The van der Waals surface area contributed by atoms with Crippen molar-refractivity contribution in [1.29, 1.82) is 0 Å². The van der Waals surface area contributed by atoms with Gasteiger partial charge in [-0.3, -0.25) is 4.79 Å². The van der Waals surface area contributed by atoms with E-state index in [9.17, 15) is 4.79 Å². The van der Waals surface area contributed by atoms with Crippen molar-refractivity contribution in [3.63, 3.8) is 0 Å². The Morgan fingerprint density at radius 3 is 2.76 bits per heavy atom. The van der Waals surface area contributed by atoms with Crippen molar-refractivity contribution in [2.24, 2.45) is 5.92 Å². The van der Waals surface area contributed by atoms with Gasteiger partial charge in [0, 0.05) is 28.8 Å². The molecule has 2 aromatic rings. The number of carbonyl (C=O) groups excluding carboxylic acids is 1. The summed E-state index contributed by atoms with van der Waals surface area (Å²) in [7, 11) is 0. The van der Waals surface area contributed by atoms with Crippen molar-refractivity contribution in [2.75, 3.05) is 5.73 Å². The number of anilines is 1. The number of carbonyl (C=O) groups is 1. The zero-order valence-electron chi connectivity index (χ0n) is 13.1.